The van der Waals surface area contributed by atoms with E-state index in [1.54, 1.807) is 7.11 Å². The zero-order chi connectivity index (χ0) is 26.0. The number of para-hydroxylation sites is 1. The first-order valence-corrected chi connectivity index (χ1v) is 12.0. The Morgan fingerprint density at radius 3 is 2.36 bits per heavy atom. The molecule has 1 amide bonds. The molecule has 0 saturated carbocycles. The molecule has 4 rings (SSSR count). The predicted molar refractivity (Wildman–Crippen MR) is 139 cm³/mol. The van der Waals surface area contributed by atoms with Crippen molar-refractivity contribution in [1.82, 2.24) is 4.90 Å². The third-order valence-corrected chi connectivity index (χ3v) is 6.29. The van der Waals surface area contributed by atoms with Gasteiger partial charge in [-0.3, -0.25) is 9.59 Å². The summed E-state index contributed by atoms with van der Waals surface area (Å²) < 4.78 is 11.3. The smallest absolute Gasteiger partial charge is 0.295 e. The number of rotatable bonds is 7. The number of carbonyl (C=O) groups is 2. The molecule has 1 N–H and O–H groups in total. The normalized spacial score (nSPS) is 17.1. The molecule has 1 atom stereocenters. The van der Waals surface area contributed by atoms with Gasteiger partial charge in [0.2, 0.25) is 0 Å². The Balaban J connectivity index is 1.87. The van der Waals surface area contributed by atoms with Gasteiger partial charge in [-0.1, -0.05) is 48.0 Å². The average molecular weight is 486 g/mol. The van der Waals surface area contributed by atoms with Crippen molar-refractivity contribution in [2.24, 2.45) is 0 Å². The van der Waals surface area contributed by atoms with E-state index in [1.165, 1.54) is 4.90 Å². The van der Waals surface area contributed by atoms with Crippen molar-refractivity contribution >= 4 is 17.4 Å². The van der Waals surface area contributed by atoms with Crippen molar-refractivity contribution in [3.63, 3.8) is 0 Å². The van der Waals surface area contributed by atoms with Gasteiger partial charge in [0.1, 0.15) is 17.3 Å². The summed E-state index contributed by atoms with van der Waals surface area (Å²) in [7, 11) is 1.57. The third-order valence-electron chi connectivity index (χ3n) is 6.29. The lowest BCUT2D eigenvalue weighted by atomic mass is 9.93. The number of ketones is 1. The molecular formula is C30H31NO5. The highest BCUT2D eigenvalue weighted by Gasteiger charge is 2.46. The average Bonchev–Trinajstić information content (AvgIpc) is 3.10. The van der Waals surface area contributed by atoms with Crippen LogP contribution in [0.4, 0.5) is 0 Å². The molecule has 36 heavy (non-hydrogen) atoms. The number of nitrogens with zero attached hydrogens (tertiary/aromatic N) is 1. The molecule has 0 aliphatic carbocycles. The van der Waals surface area contributed by atoms with E-state index < -0.39 is 17.7 Å². The van der Waals surface area contributed by atoms with Gasteiger partial charge in [-0.15, -0.1) is 0 Å². The van der Waals surface area contributed by atoms with Crippen LogP contribution in [0.15, 0.2) is 72.3 Å². The van der Waals surface area contributed by atoms with Crippen LogP contribution in [-0.2, 0) is 16.1 Å². The number of amides is 1. The van der Waals surface area contributed by atoms with Gasteiger partial charge in [0, 0.05) is 11.1 Å². The molecule has 1 heterocycles. The van der Waals surface area contributed by atoms with Crippen molar-refractivity contribution in [3.8, 4) is 11.5 Å². The predicted octanol–water partition coefficient (Wildman–Crippen LogP) is 5.72. The summed E-state index contributed by atoms with van der Waals surface area (Å²) in [5, 5.41) is 11.4. The topological polar surface area (TPSA) is 76.1 Å². The van der Waals surface area contributed by atoms with Crippen LogP contribution in [0.5, 0.6) is 11.5 Å². The van der Waals surface area contributed by atoms with E-state index in [-0.39, 0.29) is 24.0 Å². The lowest BCUT2D eigenvalue weighted by Gasteiger charge is -2.26. The summed E-state index contributed by atoms with van der Waals surface area (Å²) in [6.45, 7) is 7.82. The second-order valence-corrected chi connectivity index (χ2v) is 9.29. The Labute approximate surface area is 211 Å². The molecule has 1 saturated heterocycles. The van der Waals surface area contributed by atoms with E-state index in [4.69, 9.17) is 9.47 Å². The molecule has 1 aliphatic rings. The number of hydrogen-bond acceptors (Lipinski definition) is 5. The molecule has 1 aliphatic heterocycles. The molecule has 0 spiro atoms. The van der Waals surface area contributed by atoms with Crippen LogP contribution in [0, 0.1) is 13.8 Å². The number of aryl methyl sites for hydroxylation is 2. The lowest BCUT2D eigenvalue weighted by Crippen LogP contribution is -2.29. The fourth-order valence-corrected chi connectivity index (χ4v) is 4.54. The number of benzene rings is 3. The number of carbonyl (C=O) groups excluding carboxylic acids is 2. The first-order valence-electron chi connectivity index (χ1n) is 12.0. The van der Waals surface area contributed by atoms with Gasteiger partial charge in [0.15, 0.2) is 0 Å². The molecule has 3 aromatic carbocycles. The largest absolute Gasteiger partial charge is 0.507 e. The SMILES string of the molecule is COc1ccccc1CN1C(=O)C(=O)/C(=C(/O)c2cc(C)ccc2C)C1c1ccc(OC(C)C)cc1. The number of likely N-dealkylation sites (tertiary alicyclic amines) is 1. The summed E-state index contributed by atoms with van der Waals surface area (Å²) in [6.07, 6.45) is 0.0105. The molecule has 186 valence electrons. The van der Waals surface area contributed by atoms with Crippen LogP contribution < -0.4 is 9.47 Å². The van der Waals surface area contributed by atoms with Crippen LogP contribution in [-0.4, -0.2) is 34.9 Å². The van der Waals surface area contributed by atoms with Crippen molar-refractivity contribution < 1.29 is 24.2 Å². The van der Waals surface area contributed by atoms with E-state index in [0.29, 0.717) is 22.6 Å². The monoisotopic (exact) mass is 485 g/mol. The molecule has 3 aromatic rings. The number of aliphatic hydroxyl groups is 1. The van der Waals surface area contributed by atoms with Gasteiger partial charge >= 0.3 is 0 Å². The minimum absolute atomic E-state index is 0.0105. The number of Topliss-reactive ketones (excluding diaryl/α,β-unsaturated/α-hetero) is 1. The van der Waals surface area contributed by atoms with Crippen molar-refractivity contribution in [1.29, 1.82) is 0 Å². The number of hydrogen-bond donors (Lipinski definition) is 1. The number of ether oxygens (including phenoxy) is 2. The quantitative estimate of drug-likeness (QED) is 0.263. The summed E-state index contributed by atoms with van der Waals surface area (Å²) in [6, 6.07) is 19.6. The van der Waals surface area contributed by atoms with Crippen molar-refractivity contribution in [2.75, 3.05) is 7.11 Å². The Bertz CT molecular complexity index is 1320. The summed E-state index contributed by atoms with van der Waals surface area (Å²) in [5.41, 5.74) is 3.83. The van der Waals surface area contributed by atoms with E-state index in [1.807, 2.05) is 94.4 Å². The van der Waals surface area contributed by atoms with Crippen molar-refractivity contribution in [2.45, 2.75) is 46.4 Å². The van der Waals surface area contributed by atoms with Gasteiger partial charge in [0.05, 0.1) is 31.4 Å². The van der Waals surface area contributed by atoms with Crippen molar-refractivity contribution in [3.05, 3.63) is 100 Å². The van der Waals surface area contributed by atoms with E-state index >= 15 is 0 Å². The number of aliphatic hydroxyl groups excluding tert-OH is 1. The summed E-state index contributed by atoms with van der Waals surface area (Å²) in [5.74, 6) is -0.251. The maximum atomic E-state index is 13.4. The molecule has 6 nitrogen and oxygen atoms in total. The second-order valence-electron chi connectivity index (χ2n) is 9.29. The molecule has 1 unspecified atom stereocenters. The standard InChI is InChI=1S/C30H31NO5/c1-18(2)36-23-14-12-21(13-15-23)27-26(28(32)24-16-19(3)10-11-20(24)4)29(33)30(34)31(27)17-22-8-6-7-9-25(22)35-5/h6-16,18,27,32H,17H2,1-5H3/b28-26+. The molecule has 0 aromatic heterocycles. The van der Waals surface area contributed by atoms with Crippen LogP contribution in [0.2, 0.25) is 0 Å². The maximum Gasteiger partial charge on any atom is 0.295 e. The van der Waals surface area contributed by atoms with Crippen LogP contribution >= 0.6 is 0 Å². The Kier molecular flexibility index (Phi) is 7.15. The molecule has 1 fully saturated rings. The Morgan fingerprint density at radius 2 is 1.69 bits per heavy atom. The second kappa shape index (κ2) is 10.3. The highest BCUT2D eigenvalue weighted by Crippen LogP contribution is 2.42. The molecule has 0 radical (unpaired) electrons. The van der Waals surface area contributed by atoms with E-state index in [0.717, 1.165) is 16.7 Å². The first kappa shape index (κ1) is 25.0. The maximum absolute atomic E-state index is 13.4. The van der Waals surface area contributed by atoms with Crippen LogP contribution in [0.1, 0.15) is 47.7 Å². The minimum atomic E-state index is -0.775. The molecule has 0 bridgehead atoms. The lowest BCUT2D eigenvalue weighted by molar-refractivity contribution is -0.140. The molecular weight excluding hydrogens is 454 g/mol. The number of methoxy groups -OCH3 is 1. The van der Waals surface area contributed by atoms with Gasteiger partial charge in [-0.05, 0) is 63.1 Å². The highest BCUT2D eigenvalue weighted by atomic mass is 16.5. The van der Waals surface area contributed by atoms with Gasteiger partial charge in [-0.2, -0.15) is 0 Å². The van der Waals surface area contributed by atoms with Gasteiger partial charge < -0.3 is 19.5 Å². The highest BCUT2D eigenvalue weighted by molar-refractivity contribution is 6.46. The van der Waals surface area contributed by atoms with Crippen LogP contribution in [0.25, 0.3) is 5.76 Å². The Hall–Kier alpha value is -4.06. The zero-order valence-corrected chi connectivity index (χ0v) is 21.2. The van der Waals surface area contributed by atoms with Gasteiger partial charge in [0.25, 0.3) is 11.7 Å². The molecule has 6 heteroatoms. The minimum Gasteiger partial charge on any atom is -0.507 e. The van der Waals surface area contributed by atoms with Crippen LogP contribution in [0.3, 0.4) is 0 Å². The zero-order valence-electron chi connectivity index (χ0n) is 21.2. The van der Waals surface area contributed by atoms with Gasteiger partial charge in [-0.25, -0.2) is 0 Å². The first-order chi connectivity index (χ1) is 17.2. The van der Waals surface area contributed by atoms with E-state index in [9.17, 15) is 14.7 Å². The third kappa shape index (κ3) is 4.85. The van der Waals surface area contributed by atoms with E-state index in [2.05, 4.69) is 0 Å². The fourth-order valence-electron chi connectivity index (χ4n) is 4.54. The fraction of sp³-hybridized carbons (Fsp3) is 0.267. The Morgan fingerprint density at radius 1 is 1.00 bits per heavy atom. The summed E-state index contributed by atoms with van der Waals surface area (Å²) >= 11 is 0. The summed E-state index contributed by atoms with van der Waals surface area (Å²) in [4.78, 5) is 28.3.